The number of hydrogen-bond acceptors (Lipinski definition) is 5. The molecular formula is C14H14ClN3O2. The molecule has 6 heteroatoms. The number of aromatic nitrogens is 2. The molecule has 3 aromatic rings. The van der Waals surface area contributed by atoms with Gasteiger partial charge in [-0.1, -0.05) is 35.5 Å². The highest BCUT2D eigenvalue weighted by molar-refractivity contribution is 5.85. The molecule has 0 spiro atoms. The monoisotopic (exact) mass is 291 g/mol. The molecule has 20 heavy (non-hydrogen) atoms. The molecule has 1 aromatic heterocycles. The van der Waals surface area contributed by atoms with E-state index < -0.39 is 0 Å². The fourth-order valence-electron chi connectivity index (χ4n) is 1.84. The van der Waals surface area contributed by atoms with Crippen LogP contribution in [0.15, 0.2) is 47.0 Å². The molecule has 1 heterocycles. The topological polar surface area (TPSA) is 74.2 Å². The third-order valence-corrected chi connectivity index (χ3v) is 2.77. The lowest BCUT2D eigenvalue weighted by Crippen LogP contribution is -1.99. The molecule has 3 rings (SSSR count). The first-order valence-corrected chi connectivity index (χ1v) is 5.98. The van der Waals surface area contributed by atoms with Crippen LogP contribution in [0, 0.1) is 0 Å². The summed E-state index contributed by atoms with van der Waals surface area (Å²) in [7, 11) is 0. The van der Waals surface area contributed by atoms with Crippen molar-refractivity contribution >= 4 is 23.2 Å². The first-order valence-electron chi connectivity index (χ1n) is 5.98. The molecule has 0 saturated heterocycles. The number of ether oxygens (including phenoxy) is 1. The van der Waals surface area contributed by atoms with E-state index in [2.05, 4.69) is 16.2 Å². The van der Waals surface area contributed by atoms with Gasteiger partial charge in [-0.3, -0.25) is 0 Å². The van der Waals surface area contributed by atoms with E-state index in [9.17, 15) is 0 Å². The third-order valence-electron chi connectivity index (χ3n) is 2.77. The maximum absolute atomic E-state index is 5.63. The molecule has 0 aliphatic rings. The van der Waals surface area contributed by atoms with Crippen LogP contribution in [0.4, 0.5) is 0 Å². The zero-order valence-electron chi connectivity index (χ0n) is 10.7. The van der Waals surface area contributed by atoms with Gasteiger partial charge in [0.1, 0.15) is 5.75 Å². The van der Waals surface area contributed by atoms with E-state index in [1.807, 2.05) is 36.4 Å². The molecule has 104 valence electrons. The highest BCUT2D eigenvalue weighted by Gasteiger charge is 2.05. The first kappa shape index (κ1) is 14.3. The Bertz CT molecular complexity index is 699. The van der Waals surface area contributed by atoms with E-state index in [-0.39, 0.29) is 25.6 Å². The third kappa shape index (κ3) is 3.07. The minimum absolute atomic E-state index is 0. The van der Waals surface area contributed by atoms with Crippen molar-refractivity contribution in [2.45, 2.75) is 13.2 Å². The summed E-state index contributed by atoms with van der Waals surface area (Å²) >= 11 is 0. The lowest BCUT2D eigenvalue weighted by Gasteiger charge is -2.04. The second-order valence-corrected chi connectivity index (χ2v) is 4.11. The zero-order valence-corrected chi connectivity index (χ0v) is 11.5. The Balaban J connectivity index is 0.00000147. The Labute approximate surface area is 122 Å². The fraction of sp³-hybridized carbons (Fsp3) is 0.143. The van der Waals surface area contributed by atoms with Crippen molar-refractivity contribution < 1.29 is 9.26 Å². The van der Waals surface area contributed by atoms with Gasteiger partial charge < -0.3 is 15.0 Å². The van der Waals surface area contributed by atoms with E-state index in [0.29, 0.717) is 11.7 Å². The molecule has 0 aliphatic carbocycles. The summed E-state index contributed by atoms with van der Waals surface area (Å²) in [5.41, 5.74) is 5.40. The van der Waals surface area contributed by atoms with Gasteiger partial charge in [0.2, 0.25) is 11.7 Å². The Kier molecular flexibility index (Phi) is 4.55. The van der Waals surface area contributed by atoms with Gasteiger partial charge in [0.25, 0.3) is 0 Å². The summed E-state index contributed by atoms with van der Waals surface area (Å²) in [4.78, 5) is 4.08. The molecule has 2 N–H and O–H groups in total. The number of hydrogen-bond donors (Lipinski definition) is 1. The van der Waals surface area contributed by atoms with E-state index >= 15 is 0 Å². The van der Waals surface area contributed by atoms with Crippen LogP contribution in [-0.2, 0) is 13.2 Å². The maximum atomic E-state index is 5.63. The normalized spacial score (nSPS) is 10.2. The van der Waals surface area contributed by atoms with Crippen LogP contribution < -0.4 is 10.5 Å². The zero-order chi connectivity index (χ0) is 13.1. The van der Waals surface area contributed by atoms with Crippen molar-refractivity contribution in [3.63, 3.8) is 0 Å². The van der Waals surface area contributed by atoms with Crippen LogP contribution in [0.3, 0.4) is 0 Å². The Morgan fingerprint density at radius 2 is 1.90 bits per heavy atom. The van der Waals surface area contributed by atoms with Crippen molar-refractivity contribution in [3.05, 3.63) is 54.2 Å². The molecule has 0 unspecified atom stereocenters. The van der Waals surface area contributed by atoms with Crippen molar-refractivity contribution in [2.75, 3.05) is 0 Å². The Morgan fingerprint density at radius 3 is 2.65 bits per heavy atom. The van der Waals surface area contributed by atoms with Crippen LogP contribution in [0.2, 0.25) is 0 Å². The average molecular weight is 292 g/mol. The second-order valence-electron chi connectivity index (χ2n) is 4.11. The standard InChI is InChI=1S/C14H13N3O2.ClH/c15-8-14-16-13(17-19-14)9-18-12-6-5-10-3-1-2-4-11(10)7-12;/h1-7H,8-9,15H2;1H. The molecule has 0 saturated carbocycles. The fourth-order valence-corrected chi connectivity index (χ4v) is 1.84. The number of benzene rings is 2. The molecule has 2 aromatic carbocycles. The van der Waals surface area contributed by atoms with E-state index in [1.54, 1.807) is 0 Å². The SMILES string of the molecule is Cl.NCc1nc(COc2ccc3ccccc3c2)no1. The van der Waals surface area contributed by atoms with Crippen molar-refractivity contribution in [1.82, 2.24) is 10.1 Å². The minimum Gasteiger partial charge on any atom is -0.485 e. The number of halogens is 1. The van der Waals surface area contributed by atoms with E-state index in [4.69, 9.17) is 15.0 Å². The maximum Gasteiger partial charge on any atom is 0.240 e. The number of nitrogens with two attached hydrogens (primary N) is 1. The van der Waals surface area contributed by atoms with Gasteiger partial charge in [0.15, 0.2) is 6.61 Å². The number of rotatable bonds is 4. The summed E-state index contributed by atoms with van der Waals surface area (Å²) < 4.78 is 10.5. The largest absolute Gasteiger partial charge is 0.485 e. The van der Waals surface area contributed by atoms with Gasteiger partial charge in [-0.15, -0.1) is 12.4 Å². The summed E-state index contributed by atoms with van der Waals surface area (Å²) in [5.74, 6) is 1.68. The van der Waals surface area contributed by atoms with Crippen LogP contribution >= 0.6 is 12.4 Å². The van der Waals surface area contributed by atoms with Gasteiger partial charge >= 0.3 is 0 Å². The minimum atomic E-state index is 0. The van der Waals surface area contributed by atoms with Crippen LogP contribution in [0.5, 0.6) is 5.75 Å². The smallest absolute Gasteiger partial charge is 0.240 e. The lowest BCUT2D eigenvalue weighted by molar-refractivity contribution is 0.285. The quantitative estimate of drug-likeness (QED) is 0.800. The molecule has 0 fully saturated rings. The van der Waals surface area contributed by atoms with Gasteiger partial charge in [-0.05, 0) is 22.9 Å². The van der Waals surface area contributed by atoms with Gasteiger partial charge in [0, 0.05) is 0 Å². The summed E-state index contributed by atoms with van der Waals surface area (Å²) in [5, 5.41) is 6.09. The van der Waals surface area contributed by atoms with Gasteiger partial charge in [-0.25, -0.2) is 0 Å². The molecule has 0 aliphatic heterocycles. The summed E-state index contributed by atoms with van der Waals surface area (Å²) in [6.45, 7) is 0.505. The molecular weight excluding hydrogens is 278 g/mol. The highest BCUT2D eigenvalue weighted by atomic mass is 35.5. The molecule has 5 nitrogen and oxygen atoms in total. The van der Waals surface area contributed by atoms with E-state index in [0.717, 1.165) is 11.1 Å². The molecule has 0 atom stereocenters. The predicted molar refractivity (Wildman–Crippen MR) is 77.7 cm³/mol. The Hall–Kier alpha value is -2.11. The van der Waals surface area contributed by atoms with Crippen LogP contribution in [0.25, 0.3) is 10.8 Å². The lowest BCUT2D eigenvalue weighted by atomic mass is 10.1. The molecule has 0 bridgehead atoms. The summed E-state index contributed by atoms with van der Waals surface area (Å²) in [6.07, 6.45) is 0. The molecule has 0 radical (unpaired) electrons. The predicted octanol–water partition coefficient (Wildman–Crippen LogP) is 2.68. The Morgan fingerprint density at radius 1 is 1.10 bits per heavy atom. The van der Waals surface area contributed by atoms with Crippen molar-refractivity contribution in [3.8, 4) is 5.75 Å². The van der Waals surface area contributed by atoms with Crippen molar-refractivity contribution in [2.24, 2.45) is 5.73 Å². The summed E-state index contributed by atoms with van der Waals surface area (Å²) in [6, 6.07) is 14.0. The first-order chi connectivity index (χ1) is 9.35. The number of fused-ring (bicyclic) bond motifs is 1. The van der Waals surface area contributed by atoms with Gasteiger partial charge in [-0.2, -0.15) is 4.98 Å². The van der Waals surface area contributed by atoms with Crippen LogP contribution in [0.1, 0.15) is 11.7 Å². The van der Waals surface area contributed by atoms with Crippen molar-refractivity contribution in [1.29, 1.82) is 0 Å². The average Bonchev–Trinajstić information content (AvgIpc) is 2.93. The van der Waals surface area contributed by atoms with E-state index in [1.165, 1.54) is 5.39 Å². The highest BCUT2D eigenvalue weighted by Crippen LogP contribution is 2.21. The molecule has 0 amide bonds. The number of nitrogens with zero attached hydrogens (tertiary/aromatic N) is 2. The second kappa shape index (κ2) is 6.36. The van der Waals surface area contributed by atoms with Gasteiger partial charge in [0.05, 0.1) is 6.54 Å². The van der Waals surface area contributed by atoms with Crippen LogP contribution in [-0.4, -0.2) is 10.1 Å².